The summed E-state index contributed by atoms with van der Waals surface area (Å²) >= 11 is 0. The summed E-state index contributed by atoms with van der Waals surface area (Å²) in [6.45, 7) is -4.20. The number of ether oxygens (including phenoxy) is 13. The molecule has 7 aliphatic heterocycles. The summed E-state index contributed by atoms with van der Waals surface area (Å²) in [5.74, 6) is 0. The third-order valence-electron chi connectivity index (χ3n) is 12.0. The van der Waals surface area contributed by atoms with Gasteiger partial charge in [0.1, 0.15) is 128 Å². The van der Waals surface area contributed by atoms with E-state index < -0.39 is 218 Å². The van der Waals surface area contributed by atoms with Gasteiger partial charge in [0.25, 0.3) is 0 Å². The summed E-state index contributed by atoms with van der Waals surface area (Å²) in [6, 6.07) is 0. The summed E-state index contributed by atoms with van der Waals surface area (Å²) in [5.41, 5.74) is 0. The van der Waals surface area contributed by atoms with Gasteiger partial charge in [-0.3, -0.25) is 0 Å². The molecule has 29 nitrogen and oxygen atoms in total. The lowest BCUT2D eigenvalue weighted by Gasteiger charge is -2.47. The smallest absolute Gasteiger partial charge is 0.187 e. The molecule has 0 unspecified atom stereocenters. The topological polar surface area (TPSA) is 444 Å². The molecule has 28 atom stereocenters. The van der Waals surface area contributed by atoms with E-state index in [4.69, 9.17) is 61.6 Å². The predicted octanol–water partition coefficient (Wildman–Crippen LogP) is -11.8. The zero-order valence-corrected chi connectivity index (χ0v) is 33.6. The molecule has 7 aliphatic rings. The van der Waals surface area contributed by atoms with Crippen LogP contribution in [0.3, 0.4) is 0 Å². The lowest BCUT2D eigenvalue weighted by atomic mass is 10.0. The molecule has 0 aliphatic carbocycles. The van der Waals surface area contributed by atoms with Gasteiger partial charge in [0.15, 0.2) is 44.0 Å². The molecule has 0 aromatic carbocycles. The fourth-order valence-corrected chi connectivity index (χ4v) is 8.05. The van der Waals surface area contributed by atoms with E-state index in [1.807, 2.05) is 0 Å². The predicted molar refractivity (Wildman–Crippen MR) is 190 cm³/mol. The average Bonchev–Trinajstić information content (AvgIpc) is 3.71. The van der Waals surface area contributed by atoms with E-state index in [1.54, 1.807) is 0 Å². The highest BCUT2D eigenvalue weighted by atomic mass is 16.8. The fraction of sp³-hybridized carbons (Fsp3) is 1.00. The highest BCUT2D eigenvalue weighted by Crippen LogP contribution is 2.36. The van der Waals surface area contributed by atoms with E-state index in [2.05, 4.69) is 0 Å². The van der Waals surface area contributed by atoms with Crippen molar-refractivity contribution < 1.29 is 143 Å². The first-order chi connectivity index (χ1) is 30.4. The molecule has 0 amide bonds. The molecule has 0 saturated carbocycles. The van der Waals surface area contributed by atoms with Gasteiger partial charge in [-0.2, -0.15) is 0 Å². The van der Waals surface area contributed by atoms with Gasteiger partial charge in [-0.25, -0.2) is 0 Å². The number of hydrogen-bond acceptors (Lipinski definition) is 29. The van der Waals surface area contributed by atoms with Crippen molar-refractivity contribution in [1.29, 1.82) is 0 Å². The van der Waals surface area contributed by atoms with Crippen LogP contribution in [0.1, 0.15) is 0 Å². The van der Waals surface area contributed by atoms with Gasteiger partial charge in [-0.15, -0.1) is 0 Å². The maximum absolute atomic E-state index is 11.2. The quantitative estimate of drug-likeness (QED) is 0.0769. The van der Waals surface area contributed by atoms with Gasteiger partial charge >= 0.3 is 0 Å². The summed E-state index contributed by atoms with van der Waals surface area (Å²) in [4.78, 5) is 0. The lowest BCUT2D eigenvalue weighted by Crippen LogP contribution is -2.64. The van der Waals surface area contributed by atoms with Crippen molar-refractivity contribution >= 4 is 0 Å². The second kappa shape index (κ2) is 21.6. The Kier molecular flexibility index (Phi) is 17.1. The third-order valence-corrected chi connectivity index (χ3v) is 12.0. The molecule has 7 heterocycles. The average molecular weight is 943 g/mol. The van der Waals surface area contributed by atoms with Gasteiger partial charge in [0, 0.05) is 0 Å². The van der Waals surface area contributed by atoms with Gasteiger partial charge < -0.3 is 143 Å². The summed E-state index contributed by atoms with van der Waals surface area (Å²) in [6.07, 6.45) is -47.3. The lowest BCUT2D eigenvalue weighted by molar-refractivity contribution is -0.385. The fourth-order valence-electron chi connectivity index (χ4n) is 8.05. The first-order valence-electron chi connectivity index (χ1n) is 20.5. The Morgan fingerprint density at radius 3 is 1.16 bits per heavy atom. The van der Waals surface area contributed by atoms with Crippen molar-refractivity contribution in [3.05, 3.63) is 0 Å². The Hall–Kier alpha value is -1.16. The molecule has 372 valence electrons. The standard InChI is InChI=1S/C35H58O29/c36-1-9-16(40)25(49)33(57-9)63-27-14(62-32-24(48)19(43)12(5-55-32)60-30-22(46)15(39)8(38)3-53-30)7-56-35(28(27)64-34-26(50)17(41)10(2-37)58-34)61-13-6-54-31(23(47)20(13)44)59-11-4-52-29(51)21(45)18(11)42/h8-51H,1-7H2/t8-,9-,10-,11-,12-,13-,14-,15+,16-,17-,18+,19+,20+,21-,22-,23-,24-,25+,26+,27+,28-,29+,30+,31+,32+,33-,34-,35+/m1/s1. The van der Waals surface area contributed by atoms with Crippen LogP contribution in [0.25, 0.3) is 0 Å². The van der Waals surface area contributed by atoms with Crippen molar-refractivity contribution in [2.45, 2.75) is 172 Å². The zero-order valence-electron chi connectivity index (χ0n) is 33.6. The molecule has 64 heavy (non-hydrogen) atoms. The van der Waals surface area contributed by atoms with Gasteiger partial charge in [-0.1, -0.05) is 0 Å². The second-order valence-electron chi connectivity index (χ2n) is 16.3. The van der Waals surface area contributed by atoms with Crippen LogP contribution in [0.2, 0.25) is 0 Å². The van der Waals surface area contributed by atoms with Crippen LogP contribution < -0.4 is 0 Å². The SMILES string of the molecule is OC[C@H]1O[C@H](O[C@@H]2[C@@H](O[C@H]3O[C@H](CO)[C@@H](O)[C@@H]3O)[C@H](O[C@@H]3CO[C@@H](O[C@@H]4CO[C@H](O)[C@H](O)[C@H]4O)[C@H](O)[C@H]3O)OC[C@H]2O[C@@H]2OC[C@@H](O[C@@H]3OC[C@@H](O)[C@H](O)[C@H]3O)[C@H](O)[C@H]2O)[C@@H](O)[C@@H]1O. The molecular formula is C35H58O29. The zero-order chi connectivity index (χ0) is 46.3. The molecule has 0 aromatic rings. The summed E-state index contributed by atoms with van der Waals surface area (Å²) in [7, 11) is 0. The van der Waals surface area contributed by atoms with Crippen molar-refractivity contribution in [2.75, 3.05) is 46.2 Å². The van der Waals surface area contributed by atoms with E-state index in [0.29, 0.717) is 0 Å². The molecule has 16 N–H and O–H groups in total. The van der Waals surface area contributed by atoms with E-state index in [1.165, 1.54) is 0 Å². The van der Waals surface area contributed by atoms with Crippen molar-refractivity contribution in [2.24, 2.45) is 0 Å². The Morgan fingerprint density at radius 1 is 0.312 bits per heavy atom. The van der Waals surface area contributed by atoms with Crippen molar-refractivity contribution in [1.82, 2.24) is 0 Å². The van der Waals surface area contributed by atoms with Crippen LogP contribution in [-0.4, -0.2) is 300 Å². The van der Waals surface area contributed by atoms with Crippen LogP contribution in [0.4, 0.5) is 0 Å². The molecule has 0 aromatic heterocycles. The largest absolute Gasteiger partial charge is 0.394 e. The Bertz CT molecular complexity index is 1350. The molecule has 29 heteroatoms. The molecular weight excluding hydrogens is 884 g/mol. The Morgan fingerprint density at radius 2 is 0.672 bits per heavy atom. The molecule has 0 radical (unpaired) electrons. The first-order valence-corrected chi connectivity index (χ1v) is 20.5. The van der Waals surface area contributed by atoms with E-state index in [-0.39, 0.29) is 0 Å². The van der Waals surface area contributed by atoms with Gasteiger partial charge in [-0.05, 0) is 0 Å². The van der Waals surface area contributed by atoms with Gasteiger partial charge in [0.05, 0.1) is 46.2 Å². The van der Waals surface area contributed by atoms with Crippen molar-refractivity contribution in [3.8, 4) is 0 Å². The van der Waals surface area contributed by atoms with E-state index in [9.17, 15) is 81.7 Å². The number of hydrogen-bond donors (Lipinski definition) is 16. The minimum atomic E-state index is -1.96. The van der Waals surface area contributed by atoms with Gasteiger partial charge in [0.2, 0.25) is 0 Å². The second-order valence-corrected chi connectivity index (χ2v) is 16.3. The Labute approximate surface area is 361 Å². The summed E-state index contributed by atoms with van der Waals surface area (Å²) < 4.78 is 73.8. The minimum absolute atomic E-state index is 0.433. The first kappa shape index (κ1) is 50.7. The van der Waals surface area contributed by atoms with Crippen LogP contribution in [-0.2, 0) is 61.6 Å². The minimum Gasteiger partial charge on any atom is -0.394 e. The van der Waals surface area contributed by atoms with Crippen LogP contribution >= 0.6 is 0 Å². The number of rotatable bonds is 14. The van der Waals surface area contributed by atoms with Crippen molar-refractivity contribution in [3.63, 3.8) is 0 Å². The monoisotopic (exact) mass is 942 g/mol. The molecule has 0 spiro atoms. The molecule has 7 fully saturated rings. The highest BCUT2D eigenvalue weighted by Gasteiger charge is 2.56. The number of aliphatic hydroxyl groups is 16. The highest BCUT2D eigenvalue weighted by molar-refractivity contribution is 4.97. The maximum atomic E-state index is 11.2. The normalized spacial score (nSPS) is 54.0. The molecule has 7 rings (SSSR count). The number of aliphatic hydroxyl groups excluding tert-OH is 16. The van der Waals surface area contributed by atoms with Crippen LogP contribution in [0, 0.1) is 0 Å². The maximum Gasteiger partial charge on any atom is 0.187 e. The van der Waals surface area contributed by atoms with E-state index >= 15 is 0 Å². The molecule has 7 saturated heterocycles. The van der Waals surface area contributed by atoms with Crippen LogP contribution in [0.5, 0.6) is 0 Å². The van der Waals surface area contributed by atoms with Crippen LogP contribution in [0.15, 0.2) is 0 Å². The summed E-state index contributed by atoms with van der Waals surface area (Å²) in [5, 5.41) is 167. The molecule has 0 bridgehead atoms. The van der Waals surface area contributed by atoms with E-state index in [0.717, 1.165) is 0 Å². The Balaban J connectivity index is 1.11. The third kappa shape index (κ3) is 10.5.